The second-order valence-electron chi connectivity index (χ2n) is 7.09. The molecule has 26 heavy (non-hydrogen) atoms. The van der Waals surface area contributed by atoms with Crippen LogP contribution in [0.5, 0.6) is 0 Å². The first-order chi connectivity index (χ1) is 12.1. The normalized spacial score (nSPS) is 21.5. The quantitative estimate of drug-likeness (QED) is 0.793. The summed E-state index contributed by atoms with van der Waals surface area (Å²) < 4.78 is 10.9. The molecule has 146 valence electrons. The van der Waals surface area contributed by atoms with Gasteiger partial charge in [-0.05, 0) is 49.3 Å². The topological polar surface area (TPSA) is 73.6 Å². The summed E-state index contributed by atoms with van der Waals surface area (Å²) in [7, 11) is 0. The molecule has 7 heteroatoms. The van der Waals surface area contributed by atoms with Crippen molar-refractivity contribution in [2.75, 3.05) is 33.0 Å². The first kappa shape index (κ1) is 21.5. The summed E-state index contributed by atoms with van der Waals surface area (Å²) in [6.45, 7) is 3.36. The Bertz CT molecular complexity index is 571. The number of halogens is 2. The van der Waals surface area contributed by atoms with Gasteiger partial charge in [0.25, 0.3) is 0 Å². The molecular formula is C19H28Cl2N2O3. The lowest BCUT2D eigenvalue weighted by molar-refractivity contribution is -0.124. The fourth-order valence-electron chi connectivity index (χ4n) is 3.80. The molecule has 2 aliphatic heterocycles. The molecule has 0 aliphatic carbocycles. The van der Waals surface area contributed by atoms with Gasteiger partial charge in [0.05, 0.1) is 6.04 Å². The maximum Gasteiger partial charge on any atom is 0.237 e. The monoisotopic (exact) mass is 402 g/mol. The van der Waals surface area contributed by atoms with Gasteiger partial charge < -0.3 is 20.5 Å². The van der Waals surface area contributed by atoms with E-state index in [9.17, 15) is 4.79 Å². The van der Waals surface area contributed by atoms with E-state index in [1.807, 2.05) is 12.1 Å². The first-order valence-electron chi connectivity index (χ1n) is 9.06. The number of hydrogen-bond acceptors (Lipinski definition) is 4. The Labute approximate surface area is 166 Å². The van der Waals surface area contributed by atoms with Crippen LogP contribution in [0.2, 0.25) is 5.02 Å². The zero-order valence-electron chi connectivity index (χ0n) is 14.9. The third-order valence-electron chi connectivity index (χ3n) is 5.58. The summed E-state index contributed by atoms with van der Waals surface area (Å²) >= 11 is 6.03. The lowest BCUT2D eigenvalue weighted by atomic mass is 9.74. The van der Waals surface area contributed by atoms with Gasteiger partial charge in [-0.25, -0.2) is 0 Å². The first-order valence-corrected chi connectivity index (χ1v) is 9.43. The van der Waals surface area contributed by atoms with Gasteiger partial charge in [-0.15, -0.1) is 12.4 Å². The van der Waals surface area contributed by atoms with Gasteiger partial charge in [-0.2, -0.15) is 0 Å². The van der Waals surface area contributed by atoms with Crippen molar-refractivity contribution >= 4 is 29.9 Å². The highest BCUT2D eigenvalue weighted by atomic mass is 35.5. The molecule has 1 aromatic carbocycles. The van der Waals surface area contributed by atoms with Crippen molar-refractivity contribution in [2.24, 2.45) is 11.7 Å². The van der Waals surface area contributed by atoms with E-state index in [4.69, 9.17) is 26.8 Å². The van der Waals surface area contributed by atoms with Crippen LogP contribution >= 0.6 is 24.0 Å². The van der Waals surface area contributed by atoms with Crippen molar-refractivity contribution in [3.63, 3.8) is 0 Å². The van der Waals surface area contributed by atoms with E-state index in [1.54, 1.807) is 0 Å². The summed E-state index contributed by atoms with van der Waals surface area (Å²) in [4.78, 5) is 12.6. The van der Waals surface area contributed by atoms with E-state index in [2.05, 4.69) is 17.4 Å². The third kappa shape index (κ3) is 5.11. The van der Waals surface area contributed by atoms with Crippen molar-refractivity contribution in [1.82, 2.24) is 5.32 Å². The average Bonchev–Trinajstić information content (AvgIpc) is 2.67. The number of benzene rings is 1. The van der Waals surface area contributed by atoms with E-state index in [0.29, 0.717) is 33.0 Å². The molecule has 2 fully saturated rings. The zero-order valence-corrected chi connectivity index (χ0v) is 16.5. The Kier molecular flexibility index (Phi) is 8.17. The minimum atomic E-state index is -0.467. The molecule has 2 aliphatic rings. The standard InChI is InChI=1S/C19H27ClN2O3.ClH/c20-16-3-1-15(2-4-16)19(7-11-25-12-8-19)13-22-18(23)17(21)14-5-9-24-10-6-14;/h1-4,14,17H,5-13,21H2,(H,22,23);1H. The second-order valence-corrected chi connectivity index (χ2v) is 7.53. The van der Waals surface area contributed by atoms with Crippen LogP contribution < -0.4 is 11.1 Å². The zero-order chi connectivity index (χ0) is 17.7. The predicted molar refractivity (Wildman–Crippen MR) is 105 cm³/mol. The number of ether oxygens (including phenoxy) is 2. The van der Waals surface area contributed by atoms with Crippen molar-refractivity contribution in [2.45, 2.75) is 37.1 Å². The SMILES string of the molecule is Cl.NC(C(=O)NCC1(c2ccc(Cl)cc2)CCOCC1)C1CCOCC1. The Hall–Kier alpha value is -0.850. The van der Waals surface area contributed by atoms with Gasteiger partial charge in [-0.1, -0.05) is 23.7 Å². The number of rotatable bonds is 5. The van der Waals surface area contributed by atoms with E-state index in [-0.39, 0.29) is 29.6 Å². The lowest BCUT2D eigenvalue weighted by Crippen LogP contribution is -2.51. The Morgan fingerprint density at radius 1 is 1.15 bits per heavy atom. The van der Waals surface area contributed by atoms with E-state index in [0.717, 1.165) is 30.7 Å². The number of amides is 1. The number of carbonyl (C=O) groups is 1. The molecule has 0 bridgehead atoms. The van der Waals surface area contributed by atoms with Crippen molar-refractivity contribution in [1.29, 1.82) is 0 Å². The van der Waals surface area contributed by atoms with Crippen LogP contribution in [-0.4, -0.2) is 44.9 Å². The van der Waals surface area contributed by atoms with Crippen molar-refractivity contribution in [3.05, 3.63) is 34.9 Å². The highest BCUT2D eigenvalue weighted by molar-refractivity contribution is 6.30. The van der Waals surface area contributed by atoms with Gasteiger partial charge >= 0.3 is 0 Å². The number of hydrogen-bond donors (Lipinski definition) is 2. The highest BCUT2D eigenvalue weighted by Gasteiger charge is 2.36. The lowest BCUT2D eigenvalue weighted by Gasteiger charge is -2.38. The fourth-order valence-corrected chi connectivity index (χ4v) is 3.92. The van der Waals surface area contributed by atoms with E-state index >= 15 is 0 Å². The van der Waals surface area contributed by atoms with Crippen molar-refractivity contribution in [3.8, 4) is 0 Å². The summed E-state index contributed by atoms with van der Waals surface area (Å²) in [5, 5.41) is 3.83. The molecule has 0 aromatic heterocycles. The second kappa shape index (κ2) is 9.90. The summed E-state index contributed by atoms with van der Waals surface area (Å²) in [5.74, 6) is 0.140. The van der Waals surface area contributed by atoms with Crippen LogP contribution in [0.3, 0.4) is 0 Å². The Morgan fingerprint density at radius 3 is 2.35 bits per heavy atom. The highest BCUT2D eigenvalue weighted by Crippen LogP contribution is 2.35. The van der Waals surface area contributed by atoms with Gasteiger partial charge in [0.2, 0.25) is 5.91 Å². The van der Waals surface area contributed by atoms with Crippen molar-refractivity contribution < 1.29 is 14.3 Å². The Balaban J connectivity index is 0.00000243. The molecule has 1 aromatic rings. The summed E-state index contributed by atoms with van der Waals surface area (Å²) in [6, 6.07) is 7.45. The third-order valence-corrected chi connectivity index (χ3v) is 5.84. The van der Waals surface area contributed by atoms with Gasteiger partial charge in [0, 0.05) is 43.4 Å². The molecule has 2 heterocycles. The molecule has 0 saturated carbocycles. The van der Waals surface area contributed by atoms with Crippen LogP contribution in [0.1, 0.15) is 31.2 Å². The van der Waals surface area contributed by atoms with Crippen LogP contribution in [0.15, 0.2) is 24.3 Å². The molecule has 1 amide bonds. The maximum absolute atomic E-state index is 12.6. The maximum atomic E-state index is 12.6. The fraction of sp³-hybridized carbons (Fsp3) is 0.632. The average molecular weight is 403 g/mol. The molecule has 1 atom stereocenters. The molecule has 3 N–H and O–H groups in total. The van der Waals surface area contributed by atoms with Crippen LogP contribution in [0.4, 0.5) is 0 Å². The molecular weight excluding hydrogens is 375 g/mol. The van der Waals surface area contributed by atoms with E-state index < -0.39 is 6.04 Å². The molecule has 0 spiro atoms. The van der Waals surface area contributed by atoms with Gasteiger partial charge in [0.15, 0.2) is 0 Å². The molecule has 1 unspecified atom stereocenters. The number of carbonyl (C=O) groups excluding carboxylic acids is 1. The minimum Gasteiger partial charge on any atom is -0.381 e. The van der Waals surface area contributed by atoms with Crippen LogP contribution in [0.25, 0.3) is 0 Å². The Morgan fingerprint density at radius 2 is 1.73 bits per heavy atom. The molecule has 5 nitrogen and oxygen atoms in total. The molecule has 3 rings (SSSR count). The predicted octanol–water partition coefficient (Wildman–Crippen LogP) is 2.68. The van der Waals surface area contributed by atoms with E-state index in [1.165, 1.54) is 5.56 Å². The van der Waals surface area contributed by atoms with Crippen LogP contribution in [0, 0.1) is 5.92 Å². The largest absolute Gasteiger partial charge is 0.381 e. The summed E-state index contributed by atoms with van der Waals surface area (Å²) in [6.07, 6.45) is 3.46. The molecule has 0 radical (unpaired) electrons. The summed E-state index contributed by atoms with van der Waals surface area (Å²) in [5.41, 5.74) is 7.28. The van der Waals surface area contributed by atoms with Gasteiger partial charge in [-0.3, -0.25) is 4.79 Å². The van der Waals surface area contributed by atoms with Gasteiger partial charge in [0.1, 0.15) is 0 Å². The number of nitrogens with one attached hydrogen (secondary N) is 1. The minimum absolute atomic E-state index is 0. The van der Waals surface area contributed by atoms with Crippen LogP contribution in [-0.2, 0) is 19.7 Å². The number of nitrogens with two attached hydrogens (primary N) is 1. The smallest absolute Gasteiger partial charge is 0.237 e. The molecule has 2 saturated heterocycles.